The SMILES string of the molecule is OC1CCOC(c2ccc(-c3ccccc3)cc2)C1. The van der Waals surface area contributed by atoms with Gasteiger partial charge in [0.1, 0.15) is 0 Å². The van der Waals surface area contributed by atoms with Crippen molar-refractivity contribution in [1.82, 2.24) is 0 Å². The molecule has 1 heterocycles. The van der Waals surface area contributed by atoms with Crippen LogP contribution in [0.4, 0.5) is 0 Å². The summed E-state index contributed by atoms with van der Waals surface area (Å²) in [4.78, 5) is 0. The van der Waals surface area contributed by atoms with Crippen molar-refractivity contribution < 1.29 is 9.84 Å². The fraction of sp³-hybridized carbons (Fsp3) is 0.294. The Labute approximate surface area is 113 Å². The van der Waals surface area contributed by atoms with Gasteiger partial charge in [-0.15, -0.1) is 0 Å². The van der Waals surface area contributed by atoms with Crippen LogP contribution in [0.5, 0.6) is 0 Å². The molecular formula is C17H18O2. The largest absolute Gasteiger partial charge is 0.393 e. The molecule has 3 rings (SSSR count). The molecule has 1 aliphatic heterocycles. The monoisotopic (exact) mass is 254 g/mol. The van der Waals surface area contributed by atoms with Gasteiger partial charge in [0.25, 0.3) is 0 Å². The molecule has 2 nitrogen and oxygen atoms in total. The maximum absolute atomic E-state index is 9.69. The van der Waals surface area contributed by atoms with Crippen LogP contribution in [0.2, 0.25) is 0 Å². The normalized spacial score (nSPS) is 23.2. The molecule has 1 fully saturated rings. The van der Waals surface area contributed by atoms with Gasteiger partial charge >= 0.3 is 0 Å². The molecule has 0 spiro atoms. The summed E-state index contributed by atoms with van der Waals surface area (Å²) >= 11 is 0. The highest BCUT2D eigenvalue weighted by Gasteiger charge is 2.21. The van der Waals surface area contributed by atoms with Gasteiger partial charge in [-0.2, -0.15) is 0 Å². The summed E-state index contributed by atoms with van der Waals surface area (Å²) in [6, 6.07) is 18.8. The summed E-state index contributed by atoms with van der Waals surface area (Å²) in [5.74, 6) is 0. The third-order valence-electron chi connectivity index (χ3n) is 3.65. The number of hydrogen-bond donors (Lipinski definition) is 1. The quantitative estimate of drug-likeness (QED) is 0.887. The average Bonchev–Trinajstić information content (AvgIpc) is 2.48. The van der Waals surface area contributed by atoms with Gasteiger partial charge in [0.05, 0.1) is 12.2 Å². The van der Waals surface area contributed by atoms with Crippen LogP contribution in [0, 0.1) is 0 Å². The third kappa shape index (κ3) is 2.86. The minimum absolute atomic E-state index is 0.0357. The molecular weight excluding hydrogens is 236 g/mol. The number of aliphatic hydroxyl groups is 1. The highest BCUT2D eigenvalue weighted by Crippen LogP contribution is 2.29. The fourth-order valence-corrected chi connectivity index (χ4v) is 2.53. The first-order valence-corrected chi connectivity index (χ1v) is 6.78. The van der Waals surface area contributed by atoms with Gasteiger partial charge in [-0.1, -0.05) is 54.6 Å². The fourth-order valence-electron chi connectivity index (χ4n) is 2.53. The first-order chi connectivity index (χ1) is 9.33. The first kappa shape index (κ1) is 12.4. The zero-order valence-electron chi connectivity index (χ0n) is 10.8. The predicted octanol–water partition coefficient (Wildman–Crippen LogP) is 3.57. The molecule has 0 amide bonds. The summed E-state index contributed by atoms with van der Waals surface area (Å²) in [6.45, 7) is 0.645. The Bertz CT molecular complexity index is 519. The van der Waals surface area contributed by atoms with E-state index in [0.29, 0.717) is 13.0 Å². The Morgan fingerprint density at radius 1 is 0.895 bits per heavy atom. The number of ether oxygens (including phenoxy) is 1. The summed E-state index contributed by atoms with van der Waals surface area (Å²) in [5.41, 5.74) is 3.58. The highest BCUT2D eigenvalue weighted by molar-refractivity contribution is 5.63. The van der Waals surface area contributed by atoms with E-state index < -0.39 is 0 Å². The van der Waals surface area contributed by atoms with E-state index in [4.69, 9.17) is 4.74 Å². The Balaban J connectivity index is 1.79. The second kappa shape index (κ2) is 5.55. The highest BCUT2D eigenvalue weighted by atomic mass is 16.5. The maximum Gasteiger partial charge on any atom is 0.0849 e. The van der Waals surface area contributed by atoms with Gasteiger partial charge in [0, 0.05) is 13.0 Å². The van der Waals surface area contributed by atoms with Crippen molar-refractivity contribution in [2.24, 2.45) is 0 Å². The summed E-state index contributed by atoms with van der Waals surface area (Å²) < 4.78 is 5.72. The van der Waals surface area contributed by atoms with Crippen molar-refractivity contribution in [1.29, 1.82) is 0 Å². The van der Waals surface area contributed by atoms with Gasteiger partial charge in [0.2, 0.25) is 0 Å². The van der Waals surface area contributed by atoms with Gasteiger partial charge in [-0.25, -0.2) is 0 Å². The molecule has 2 aromatic carbocycles. The molecule has 1 saturated heterocycles. The molecule has 98 valence electrons. The Morgan fingerprint density at radius 2 is 1.58 bits per heavy atom. The van der Waals surface area contributed by atoms with E-state index in [-0.39, 0.29) is 12.2 Å². The topological polar surface area (TPSA) is 29.5 Å². The molecule has 2 unspecified atom stereocenters. The molecule has 19 heavy (non-hydrogen) atoms. The Kier molecular flexibility index (Phi) is 3.62. The van der Waals surface area contributed by atoms with Crippen molar-refractivity contribution in [2.75, 3.05) is 6.61 Å². The molecule has 0 saturated carbocycles. The smallest absolute Gasteiger partial charge is 0.0849 e. The van der Waals surface area contributed by atoms with Crippen molar-refractivity contribution in [3.05, 3.63) is 60.2 Å². The third-order valence-corrected chi connectivity index (χ3v) is 3.65. The van der Waals surface area contributed by atoms with Gasteiger partial charge in [-0.05, 0) is 23.1 Å². The lowest BCUT2D eigenvalue weighted by molar-refractivity contribution is -0.0447. The van der Waals surface area contributed by atoms with Crippen molar-refractivity contribution in [3.8, 4) is 11.1 Å². The van der Waals surface area contributed by atoms with Gasteiger partial charge in [0.15, 0.2) is 0 Å². The van der Waals surface area contributed by atoms with E-state index in [9.17, 15) is 5.11 Å². The summed E-state index contributed by atoms with van der Waals surface area (Å²) in [7, 11) is 0. The van der Waals surface area contributed by atoms with Crippen molar-refractivity contribution in [3.63, 3.8) is 0 Å². The number of rotatable bonds is 2. The molecule has 2 atom stereocenters. The van der Waals surface area contributed by atoms with Crippen LogP contribution in [0.15, 0.2) is 54.6 Å². The van der Waals surface area contributed by atoms with Crippen LogP contribution in [0.1, 0.15) is 24.5 Å². The van der Waals surface area contributed by atoms with Crippen LogP contribution in [-0.4, -0.2) is 17.8 Å². The molecule has 2 aromatic rings. The van der Waals surface area contributed by atoms with E-state index in [2.05, 4.69) is 36.4 Å². The molecule has 0 radical (unpaired) electrons. The number of benzene rings is 2. The average molecular weight is 254 g/mol. The predicted molar refractivity (Wildman–Crippen MR) is 75.8 cm³/mol. The molecule has 1 aliphatic rings. The van der Waals surface area contributed by atoms with Gasteiger partial charge < -0.3 is 9.84 Å². The van der Waals surface area contributed by atoms with Crippen LogP contribution in [0.3, 0.4) is 0 Å². The maximum atomic E-state index is 9.69. The van der Waals surface area contributed by atoms with Crippen molar-refractivity contribution >= 4 is 0 Å². The van der Waals surface area contributed by atoms with Crippen molar-refractivity contribution in [2.45, 2.75) is 25.0 Å². The molecule has 0 aliphatic carbocycles. The van der Waals surface area contributed by atoms with E-state index in [1.807, 2.05) is 18.2 Å². The number of hydrogen-bond acceptors (Lipinski definition) is 2. The lowest BCUT2D eigenvalue weighted by Gasteiger charge is -2.26. The second-order valence-electron chi connectivity index (χ2n) is 5.03. The van der Waals surface area contributed by atoms with E-state index in [1.165, 1.54) is 11.1 Å². The molecule has 1 N–H and O–H groups in total. The minimum atomic E-state index is -0.229. The lowest BCUT2D eigenvalue weighted by atomic mass is 9.97. The minimum Gasteiger partial charge on any atom is -0.393 e. The molecule has 0 bridgehead atoms. The molecule has 0 aromatic heterocycles. The number of aliphatic hydroxyl groups excluding tert-OH is 1. The van der Waals surface area contributed by atoms with Crippen LogP contribution in [0.25, 0.3) is 11.1 Å². The van der Waals surface area contributed by atoms with Crippen LogP contribution < -0.4 is 0 Å². The van der Waals surface area contributed by atoms with E-state index in [0.717, 1.165) is 12.0 Å². The summed E-state index contributed by atoms with van der Waals surface area (Å²) in [6.07, 6.45) is 1.25. The zero-order chi connectivity index (χ0) is 13.1. The first-order valence-electron chi connectivity index (χ1n) is 6.78. The van der Waals surface area contributed by atoms with Gasteiger partial charge in [-0.3, -0.25) is 0 Å². The van der Waals surface area contributed by atoms with E-state index >= 15 is 0 Å². The van der Waals surface area contributed by atoms with E-state index in [1.54, 1.807) is 0 Å². The van der Waals surface area contributed by atoms with Crippen LogP contribution >= 0.6 is 0 Å². The summed E-state index contributed by atoms with van der Waals surface area (Å²) in [5, 5.41) is 9.69. The standard InChI is InChI=1S/C17H18O2/c18-16-10-11-19-17(12-16)15-8-6-14(7-9-15)13-4-2-1-3-5-13/h1-9,16-18H,10-12H2. The molecule has 2 heteroatoms. The Hall–Kier alpha value is -1.64. The second-order valence-corrected chi connectivity index (χ2v) is 5.03. The lowest BCUT2D eigenvalue weighted by Crippen LogP contribution is -2.23. The van der Waals surface area contributed by atoms with Crippen LogP contribution in [-0.2, 0) is 4.74 Å². The zero-order valence-corrected chi connectivity index (χ0v) is 10.8. The Morgan fingerprint density at radius 3 is 2.26 bits per heavy atom.